The standard InChI is InChI=1S/C20H24ClNO3/c1-14(22-13-19(23)17-4-3-5-18(21)12-17)10-15-6-8-16(9-7-15)11-20(24)25-2/h3-9,12,14,19,22-23H,10-11,13H2,1-2H3. The molecule has 0 aliphatic carbocycles. The normalized spacial score (nSPS) is 13.3. The molecule has 0 amide bonds. The fourth-order valence-electron chi connectivity index (χ4n) is 2.60. The minimum Gasteiger partial charge on any atom is -0.469 e. The van der Waals surface area contributed by atoms with Gasteiger partial charge in [-0.15, -0.1) is 0 Å². The molecule has 0 heterocycles. The van der Waals surface area contributed by atoms with Gasteiger partial charge >= 0.3 is 5.97 Å². The third kappa shape index (κ3) is 6.50. The monoisotopic (exact) mass is 361 g/mol. The average Bonchev–Trinajstić information content (AvgIpc) is 2.61. The molecule has 2 N–H and O–H groups in total. The molecule has 2 unspecified atom stereocenters. The number of nitrogens with one attached hydrogen (secondary N) is 1. The fourth-order valence-corrected chi connectivity index (χ4v) is 2.80. The van der Waals surface area contributed by atoms with Gasteiger partial charge in [-0.25, -0.2) is 0 Å². The summed E-state index contributed by atoms with van der Waals surface area (Å²) in [4.78, 5) is 11.3. The Kier molecular flexibility index (Phi) is 7.44. The minimum atomic E-state index is -0.594. The van der Waals surface area contributed by atoms with Crippen molar-refractivity contribution in [2.24, 2.45) is 0 Å². The van der Waals surface area contributed by atoms with Gasteiger partial charge in [0.05, 0.1) is 19.6 Å². The van der Waals surface area contributed by atoms with Crippen LogP contribution in [-0.4, -0.2) is 30.8 Å². The van der Waals surface area contributed by atoms with Gasteiger partial charge in [0.2, 0.25) is 0 Å². The maximum absolute atomic E-state index is 11.3. The van der Waals surface area contributed by atoms with Crippen LogP contribution in [0.1, 0.15) is 29.7 Å². The first-order valence-electron chi connectivity index (χ1n) is 8.29. The molecule has 134 valence electrons. The van der Waals surface area contributed by atoms with Gasteiger partial charge < -0.3 is 15.2 Å². The highest BCUT2D eigenvalue weighted by Gasteiger charge is 2.10. The predicted octanol–water partition coefficient (Wildman–Crippen LogP) is 3.31. The maximum atomic E-state index is 11.3. The summed E-state index contributed by atoms with van der Waals surface area (Å²) in [5.74, 6) is -0.238. The lowest BCUT2D eigenvalue weighted by Crippen LogP contribution is -2.32. The summed E-state index contributed by atoms with van der Waals surface area (Å²) in [5.41, 5.74) is 2.91. The Bertz CT molecular complexity index is 688. The van der Waals surface area contributed by atoms with Gasteiger partial charge in [0.1, 0.15) is 0 Å². The third-order valence-corrected chi connectivity index (χ3v) is 4.27. The second-order valence-electron chi connectivity index (χ2n) is 6.15. The first kappa shape index (κ1) is 19.4. The van der Waals surface area contributed by atoms with Gasteiger partial charge in [-0.3, -0.25) is 4.79 Å². The molecule has 0 radical (unpaired) electrons. The van der Waals surface area contributed by atoms with E-state index in [0.717, 1.165) is 17.5 Å². The average molecular weight is 362 g/mol. The molecule has 0 saturated carbocycles. The minimum absolute atomic E-state index is 0.209. The van der Waals surface area contributed by atoms with Crippen LogP contribution in [0.5, 0.6) is 0 Å². The third-order valence-electron chi connectivity index (χ3n) is 4.03. The van der Waals surface area contributed by atoms with E-state index in [1.807, 2.05) is 36.4 Å². The van der Waals surface area contributed by atoms with E-state index >= 15 is 0 Å². The van der Waals surface area contributed by atoms with Crippen LogP contribution in [0.3, 0.4) is 0 Å². The van der Waals surface area contributed by atoms with Crippen molar-refractivity contribution in [2.45, 2.75) is 31.9 Å². The van der Waals surface area contributed by atoms with Crippen LogP contribution in [-0.2, 0) is 22.4 Å². The van der Waals surface area contributed by atoms with Crippen molar-refractivity contribution >= 4 is 17.6 Å². The summed E-state index contributed by atoms with van der Waals surface area (Å²) in [6.07, 6.45) is 0.528. The van der Waals surface area contributed by atoms with Crippen LogP contribution < -0.4 is 5.32 Å². The molecule has 25 heavy (non-hydrogen) atoms. The number of ether oxygens (including phenoxy) is 1. The van der Waals surface area contributed by atoms with Crippen LogP contribution in [0.25, 0.3) is 0 Å². The van der Waals surface area contributed by atoms with E-state index in [1.54, 1.807) is 12.1 Å². The van der Waals surface area contributed by atoms with Gasteiger partial charge in [0, 0.05) is 17.6 Å². The molecule has 5 heteroatoms. The molecule has 0 fully saturated rings. The second kappa shape index (κ2) is 9.56. The van der Waals surface area contributed by atoms with Crippen LogP contribution in [0.4, 0.5) is 0 Å². The first-order chi connectivity index (χ1) is 12.0. The van der Waals surface area contributed by atoms with E-state index in [4.69, 9.17) is 11.6 Å². The summed E-state index contributed by atoms with van der Waals surface area (Å²) in [6.45, 7) is 2.54. The summed E-state index contributed by atoms with van der Waals surface area (Å²) < 4.78 is 4.67. The second-order valence-corrected chi connectivity index (χ2v) is 6.59. The van der Waals surface area contributed by atoms with Gasteiger partial charge in [-0.05, 0) is 42.2 Å². The zero-order valence-electron chi connectivity index (χ0n) is 14.5. The number of methoxy groups -OCH3 is 1. The van der Waals surface area contributed by atoms with E-state index in [1.165, 1.54) is 12.7 Å². The van der Waals surface area contributed by atoms with Crippen molar-refractivity contribution in [3.05, 3.63) is 70.2 Å². The van der Waals surface area contributed by atoms with Crippen molar-refractivity contribution in [3.8, 4) is 0 Å². The van der Waals surface area contributed by atoms with E-state index < -0.39 is 6.10 Å². The van der Waals surface area contributed by atoms with Crippen LogP contribution >= 0.6 is 11.6 Å². The summed E-state index contributed by atoms with van der Waals surface area (Å²) >= 11 is 5.95. The Labute approximate surface area is 153 Å². The highest BCUT2D eigenvalue weighted by atomic mass is 35.5. The summed E-state index contributed by atoms with van der Waals surface area (Å²) in [6, 6.07) is 15.4. The van der Waals surface area contributed by atoms with Gasteiger partial charge in [0.15, 0.2) is 0 Å². The number of rotatable bonds is 8. The van der Waals surface area contributed by atoms with Crippen LogP contribution in [0, 0.1) is 0 Å². The largest absolute Gasteiger partial charge is 0.469 e. The lowest BCUT2D eigenvalue weighted by Gasteiger charge is -2.18. The molecule has 2 aromatic carbocycles. The highest BCUT2D eigenvalue weighted by Crippen LogP contribution is 2.17. The first-order valence-corrected chi connectivity index (χ1v) is 8.67. The molecule has 2 aromatic rings. The molecule has 0 spiro atoms. The van der Waals surface area contributed by atoms with E-state index in [2.05, 4.69) is 17.0 Å². The molecule has 0 aliphatic rings. The smallest absolute Gasteiger partial charge is 0.309 e. The van der Waals surface area contributed by atoms with E-state index in [0.29, 0.717) is 11.6 Å². The predicted molar refractivity (Wildman–Crippen MR) is 99.7 cm³/mol. The van der Waals surface area contributed by atoms with Crippen molar-refractivity contribution in [1.29, 1.82) is 0 Å². The van der Waals surface area contributed by atoms with Crippen molar-refractivity contribution < 1.29 is 14.6 Å². The summed E-state index contributed by atoms with van der Waals surface area (Å²) in [7, 11) is 1.39. The molecule has 2 atom stereocenters. The number of carbonyl (C=O) groups is 1. The SMILES string of the molecule is COC(=O)Cc1ccc(CC(C)NCC(O)c2cccc(Cl)c2)cc1. The number of aliphatic hydroxyl groups is 1. The molecule has 0 aromatic heterocycles. The number of benzene rings is 2. The number of hydrogen-bond acceptors (Lipinski definition) is 4. The Morgan fingerprint density at radius 2 is 1.88 bits per heavy atom. The molecule has 0 saturated heterocycles. The summed E-state index contributed by atoms with van der Waals surface area (Å²) in [5, 5.41) is 14.2. The maximum Gasteiger partial charge on any atom is 0.309 e. The van der Waals surface area contributed by atoms with Gasteiger partial charge in [-0.2, -0.15) is 0 Å². The lowest BCUT2D eigenvalue weighted by atomic mass is 10.0. The van der Waals surface area contributed by atoms with Crippen molar-refractivity contribution in [1.82, 2.24) is 5.32 Å². The topological polar surface area (TPSA) is 58.6 Å². The molecule has 2 rings (SSSR count). The number of aliphatic hydroxyl groups excluding tert-OH is 1. The lowest BCUT2D eigenvalue weighted by molar-refractivity contribution is -0.139. The van der Waals surface area contributed by atoms with Crippen LogP contribution in [0.15, 0.2) is 48.5 Å². The van der Waals surface area contributed by atoms with E-state index in [9.17, 15) is 9.90 Å². The Balaban J connectivity index is 1.81. The van der Waals surface area contributed by atoms with Crippen LogP contribution in [0.2, 0.25) is 5.02 Å². The number of esters is 1. The molecule has 0 aliphatic heterocycles. The fraction of sp³-hybridized carbons (Fsp3) is 0.350. The molecular weight excluding hydrogens is 338 g/mol. The zero-order valence-corrected chi connectivity index (χ0v) is 15.3. The van der Waals surface area contributed by atoms with Crippen molar-refractivity contribution in [3.63, 3.8) is 0 Å². The Morgan fingerprint density at radius 1 is 1.20 bits per heavy atom. The molecular formula is C20H24ClNO3. The quantitative estimate of drug-likeness (QED) is 0.708. The zero-order chi connectivity index (χ0) is 18.2. The van der Waals surface area contributed by atoms with Gasteiger partial charge in [-0.1, -0.05) is 48.0 Å². The number of hydrogen-bond donors (Lipinski definition) is 2. The molecule has 4 nitrogen and oxygen atoms in total. The molecule has 0 bridgehead atoms. The highest BCUT2D eigenvalue weighted by molar-refractivity contribution is 6.30. The Hall–Kier alpha value is -1.88. The van der Waals surface area contributed by atoms with E-state index in [-0.39, 0.29) is 18.4 Å². The van der Waals surface area contributed by atoms with Gasteiger partial charge in [0.25, 0.3) is 0 Å². The van der Waals surface area contributed by atoms with Crippen molar-refractivity contribution in [2.75, 3.05) is 13.7 Å². The number of carbonyl (C=O) groups excluding carboxylic acids is 1. The Morgan fingerprint density at radius 3 is 2.52 bits per heavy atom. The number of halogens is 1.